The molecule has 7 nitrogen and oxygen atoms in total. The number of anilines is 1. The Balaban J connectivity index is 1.38. The number of hydrogen-bond donors (Lipinski definition) is 2. The van der Waals surface area contributed by atoms with E-state index in [2.05, 4.69) is 33.8 Å². The molecule has 0 bridgehead atoms. The maximum absolute atomic E-state index is 12.7. The number of nitrogens with zero attached hydrogens (tertiary/aromatic N) is 2. The number of rotatable bonds is 4. The van der Waals surface area contributed by atoms with Crippen molar-refractivity contribution >= 4 is 39.4 Å². The van der Waals surface area contributed by atoms with Gasteiger partial charge in [-0.2, -0.15) is 0 Å². The molecule has 1 aliphatic rings. The van der Waals surface area contributed by atoms with Crippen LogP contribution in [0.2, 0.25) is 0 Å². The first-order valence-corrected chi connectivity index (χ1v) is 10.4. The molecule has 0 unspecified atom stereocenters. The van der Waals surface area contributed by atoms with Crippen LogP contribution in [0.3, 0.4) is 0 Å². The van der Waals surface area contributed by atoms with Crippen LogP contribution in [0.25, 0.3) is 10.8 Å². The molecular weight excluding hydrogens is 388 g/mol. The van der Waals surface area contributed by atoms with E-state index in [1.165, 1.54) is 11.3 Å². The average molecular weight is 410 g/mol. The summed E-state index contributed by atoms with van der Waals surface area (Å²) >= 11 is 1.38. The number of benzene rings is 2. The predicted molar refractivity (Wildman–Crippen MR) is 113 cm³/mol. The van der Waals surface area contributed by atoms with Gasteiger partial charge in [-0.3, -0.25) is 5.32 Å². The average Bonchev–Trinajstić information content (AvgIpc) is 3.13. The zero-order valence-corrected chi connectivity index (χ0v) is 16.9. The van der Waals surface area contributed by atoms with Gasteiger partial charge in [0.1, 0.15) is 0 Å². The van der Waals surface area contributed by atoms with Gasteiger partial charge in [0.05, 0.1) is 18.8 Å². The summed E-state index contributed by atoms with van der Waals surface area (Å²) in [5.74, 6) is 0. The number of thiazole rings is 1. The van der Waals surface area contributed by atoms with Gasteiger partial charge in [-0.05, 0) is 23.3 Å². The molecule has 4 rings (SSSR count). The van der Waals surface area contributed by atoms with Gasteiger partial charge < -0.3 is 15.0 Å². The summed E-state index contributed by atoms with van der Waals surface area (Å²) in [5, 5.41) is 8.48. The van der Waals surface area contributed by atoms with E-state index < -0.39 is 6.09 Å². The highest BCUT2D eigenvalue weighted by Crippen LogP contribution is 2.28. The molecule has 150 valence electrons. The van der Waals surface area contributed by atoms with Crippen molar-refractivity contribution in [1.29, 1.82) is 0 Å². The quantitative estimate of drug-likeness (QED) is 0.677. The number of carbonyl (C=O) groups excluding carboxylic acids is 2. The Morgan fingerprint density at radius 2 is 2.03 bits per heavy atom. The summed E-state index contributed by atoms with van der Waals surface area (Å²) in [6.45, 7) is 3.61. The number of ether oxygens (including phenoxy) is 1. The molecule has 29 heavy (non-hydrogen) atoms. The standard InChI is InChI=1S/C21H22N4O3S/c1-2-28-21(27)24-19-23-17-10-11-25(13-18(17)29-19)20(26)22-12-15-8-5-7-14-6-3-4-9-16(14)15/h3-9H,2,10-13H2,1H3,(H,22,26)(H,23,24,27). The van der Waals surface area contributed by atoms with Crippen LogP contribution in [0.4, 0.5) is 14.7 Å². The minimum Gasteiger partial charge on any atom is -0.450 e. The number of nitrogens with one attached hydrogen (secondary N) is 2. The first-order valence-electron chi connectivity index (χ1n) is 9.56. The fraction of sp³-hybridized carbons (Fsp3) is 0.286. The molecule has 0 saturated heterocycles. The Kier molecular flexibility index (Phi) is 5.62. The van der Waals surface area contributed by atoms with Gasteiger partial charge in [0.25, 0.3) is 0 Å². The molecule has 0 radical (unpaired) electrons. The summed E-state index contributed by atoms with van der Waals surface area (Å²) in [5.41, 5.74) is 2.02. The molecule has 2 N–H and O–H groups in total. The first-order chi connectivity index (χ1) is 14.1. The SMILES string of the molecule is CCOC(=O)Nc1nc2c(s1)CN(C(=O)NCc1cccc3ccccc13)CC2. The van der Waals surface area contributed by atoms with Gasteiger partial charge in [0, 0.05) is 24.4 Å². The molecule has 0 saturated carbocycles. The van der Waals surface area contributed by atoms with Gasteiger partial charge in [-0.1, -0.05) is 53.8 Å². The van der Waals surface area contributed by atoms with E-state index in [4.69, 9.17) is 4.74 Å². The number of amides is 3. The summed E-state index contributed by atoms with van der Waals surface area (Å²) in [4.78, 5) is 31.5. The number of urea groups is 1. The molecule has 0 aliphatic carbocycles. The lowest BCUT2D eigenvalue weighted by molar-refractivity contribution is 0.168. The van der Waals surface area contributed by atoms with Crippen LogP contribution in [0.5, 0.6) is 0 Å². The van der Waals surface area contributed by atoms with Crippen LogP contribution >= 0.6 is 11.3 Å². The van der Waals surface area contributed by atoms with Crippen molar-refractivity contribution in [2.24, 2.45) is 0 Å². The number of fused-ring (bicyclic) bond motifs is 2. The Bertz CT molecular complexity index is 1040. The second kappa shape index (κ2) is 8.48. The van der Waals surface area contributed by atoms with Crippen LogP contribution in [-0.4, -0.2) is 35.2 Å². The largest absolute Gasteiger partial charge is 0.450 e. The van der Waals surface area contributed by atoms with E-state index in [-0.39, 0.29) is 6.03 Å². The molecule has 0 spiro atoms. The molecule has 1 aliphatic heterocycles. The molecule has 2 aromatic carbocycles. The lowest BCUT2D eigenvalue weighted by Gasteiger charge is -2.26. The molecule has 3 aromatic rings. The molecule has 8 heteroatoms. The van der Waals surface area contributed by atoms with E-state index in [1.54, 1.807) is 11.8 Å². The summed E-state index contributed by atoms with van der Waals surface area (Å²) < 4.78 is 4.88. The highest BCUT2D eigenvalue weighted by Gasteiger charge is 2.24. The zero-order chi connectivity index (χ0) is 20.2. The van der Waals surface area contributed by atoms with Crippen molar-refractivity contribution in [1.82, 2.24) is 15.2 Å². The van der Waals surface area contributed by atoms with Crippen LogP contribution in [-0.2, 0) is 24.2 Å². The van der Waals surface area contributed by atoms with Crippen molar-refractivity contribution in [3.8, 4) is 0 Å². The van der Waals surface area contributed by atoms with Gasteiger partial charge in [-0.25, -0.2) is 14.6 Å². The second-order valence-corrected chi connectivity index (χ2v) is 7.79. The van der Waals surface area contributed by atoms with Crippen LogP contribution in [0.15, 0.2) is 42.5 Å². The molecule has 3 amide bonds. The monoisotopic (exact) mass is 410 g/mol. The molecule has 0 atom stereocenters. The van der Waals surface area contributed by atoms with Crippen molar-refractivity contribution in [2.45, 2.75) is 26.4 Å². The third-order valence-corrected chi connectivity index (χ3v) is 5.81. The van der Waals surface area contributed by atoms with Crippen LogP contribution < -0.4 is 10.6 Å². The summed E-state index contributed by atoms with van der Waals surface area (Å²) in [7, 11) is 0. The second-order valence-electron chi connectivity index (χ2n) is 6.70. The highest BCUT2D eigenvalue weighted by molar-refractivity contribution is 7.15. The van der Waals surface area contributed by atoms with E-state index in [9.17, 15) is 9.59 Å². The minimum absolute atomic E-state index is 0.100. The van der Waals surface area contributed by atoms with E-state index in [0.29, 0.717) is 37.8 Å². The molecule has 2 heterocycles. The van der Waals surface area contributed by atoms with Crippen molar-refractivity contribution in [2.75, 3.05) is 18.5 Å². The Labute approximate surface area is 172 Å². The van der Waals surface area contributed by atoms with Gasteiger partial charge in [-0.15, -0.1) is 0 Å². The smallest absolute Gasteiger partial charge is 0.413 e. The third-order valence-electron chi connectivity index (χ3n) is 4.81. The van der Waals surface area contributed by atoms with E-state index in [1.807, 2.05) is 24.3 Å². The van der Waals surface area contributed by atoms with E-state index in [0.717, 1.165) is 26.9 Å². The fourth-order valence-corrected chi connectivity index (χ4v) is 4.42. The third kappa shape index (κ3) is 4.32. The molecular formula is C21H22N4O3S. The zero-order valence-electron chi connectivity index (χ0n) is 16.1. The topological polar surface area (TPSA) is 83.6 Å². The normalized spacial score (nSPS) is 13.1. The lowest BCUT2D eigenvalue weighted by Crippen LogP contribution is -2.42. The summed E-state index contributed by atoms with van der Waals surface area (Å²) in [6.07, 6.45) is 0.154. The van der Waals surface area contributed by atoms with Gasteiger partial charge in [0.15, 0.2) is 5.13 Å². The van der Waals surface area contributed by atoms with Gasteiger partial charge >= 0.3 is 12.1 Å². The summed E-state index contributed by atoms with van der Waals surface area (Å²) in [6, 6.07) is 14.2. The fourth-order valence-electron chi connectivity index (χ4n) is 3.41. The molecule has 1 aromatic heterocycles. The van der Waals surface area contributed by atoms with Crippen molar-refractivity contribution in [3.05, 3.63) is 58.6 Å². The van der Waals surface area contributed by atoms with Crippen molar-refractivity contribution in [3.63, 3.8) is 0 Å². The highest BCUT2D eigenvalue weighted by atomic mass is 32.1. The Morgan fingerprint density at radius 3 is 2.90 bits per heavy atom. The first kappa shape index (κ1) is 19.2. The number of carbonyl (C=O) groups is 2. The Morgan fingerprint density at radius 1 is 1.21 bits per heavy atom. The van der Waals surface area contributed by atoms with Crippen LogP contribution in [0.1, 0.15) is 23.1 Å². The molecule has 0 fully saturated rings. The van der Waals surface area contributed by atoms with Crippen molar-refractivity contribution < 1.29 is 14.3 Å². The predicted octanol–water partition coefficient (Wildman–Crippen LogP) is 4.13. The minimum atomic E-state index is -0.511. The van der Waals surface area contributed by atoms with Gasteiger partial charge in [0.2, 0.25) is 0 Å². The van der Waals surface area contributed by atoms with Crippen LogP contribution in [0, 0.1) is 0 Å². The lowest BCUT2D eigenvalue weighted by atomic mass is 10.0. The Hall–Kier alpha value is -3.13. The maximum atomic E-state index is 12.7. The number of hydrogen-bond acceptors (Lipinski definition) is 5. The maximum Gasteiger partial charge on any atom is 0.413 e. The number of aromatic nitrogens is 1. The van der Waals surface area contributed by atoms with E-state index >= 15 is 0 Å².